The molecule has 1 unspecified atom stereocenters. The van der Waals surface area contributed by atoms with E-state index in [2.05, 4.69) is 51.1 Å². The summed E-state index contributed by atoms with van der Waals surface area (Å²) in [6.07, 6.45) is 2.63. The highest BCUT2D eigenvalue weighted by molar-refractivity contribution is 14.0. The Morgan fingerprint density at radius 1 is 1.47 bits per heavy atom. The summed E-state index contributed by atoms with van der Waals surface area (Å²) in [7, 11) is 1.83. The zero-order valence-electron chi connectivity index (χ0n) is 11.4. The molecular formula is C13H22IN3S2. The number of aliphatic imine (C=N–C) groups is 1. The molecule has 0 aromatic carbocycles. The largest absolute Gasteiger partial charge is 0.355 e. The normalized spacial score (nSPS) is 22.9. The lowest BCUT2D eigenvalue weighted by Crippen LogP contribution is -2.43. The van der Waals surface area contributed by atoms with E-state index >= 15 is 0 Å². The summed E-state index contributed by atoms with van der Waals surface area (Å²) >= 11 is 3.80. The quantitative estimate of drug-likeness (QED) is 0.454. The third-order valence-electron chi connectivity index (χ3n) is 3.19. The first kappa shape index (κ1) is 17.1. The van der Waals surface area contributed by atoms with Crippen LogP contribution in [-0.2, 0) is 6.54 Å². The highest BCUT2D eigenvalue weighted by Crippen LogP contribution is 2.36. The maximum atomic E-state index is 4.27. The van der Waals surface area contributed by atoms with E-state index in [-0.39, 0.29) is 24.0 Å². The van der Waals surface area contributed by atoms with Crippen LogP contribution in [0.1, 0.15) is 25.3 Å². The Labute approximate surface area is 141 Å². The third-order valence-corrected chi connectivity index (χ3v) is 5.46. The molecule has 2 heterocycles. The second-order valence-electron chi connectivity index (χ2n) is 4.81. The van der Waals surface area contributed by atoms with Crippen LogP contribution in [0.25, 0.3) is 0 Å². The molecule has 1 aromatic rings. The van der Waals surface area contributed by atoms with Crippen LogP contribution in [0.15, 0.2) is 21.8 Å². The zero-order valence-corrected chi connectivity index (χ0v) is 15.4. The van der Waals surface area contributed by atoms with Gasteiger partial charge in [0.1, 0.15) is 0 Å². The van der Waals surface area contributed by atoms with Crippen molar-refractivity contribution in [3.63, 3.8) is 0 Å². The number of hydrogen-bond acceptors (Lipinski definition) is 3. The second-order valence-corrected chi connectivity index (χ2v) is 7.28. The van der Waals surface area contributed by atoms with E-state index in [0.29, 0.717) is 4.75 Å². The van der Waals surface area contributed by atoms with Crippen molar-refractivity contribution in [1.82, 2.24) is 10.6 Å². The van der Waals surface area contributed by atoms with Gasteiger partial charge in [0.25, 0.3) is 0 Å². The molecule has 1 aliphatic heterocycles. The third kappa shape index (κ3) is 5.51. The Morgan fingerprint density at radius 2 is 2.32 bits per heavy atom. The van der Waals surface area contributed by atoms with E-state index in [4.69, 9.17) is 0 Å². The maximum absolute atomic E-state index is 4.27. The van der Waals surface area contributed by atoms with Crippen molar-refractivity contribution in [3.05, 3.63) is 22.4 Å². The second kappa shape index (κ2) is 8.36. The molecule has 0 saturated carbocycles. The van der Waals surface area contributed by atoms with E-state index in [1.807, 2.05) is 7.05 Å². The fraction of sp³-hybridized carbons (Fsp3) is 0.615. The predicted octanol–water partition coefficient (Wildman–Crippen LogP) is 3.32. The van der Waals surface area contributed by atoms with Gasteiger partial charge in [-0.05, 0) is 47.9 Å². The Bertz CT molecular complexity index is 387. The van der Waals surface area contributed by atoms with Crippen LogP contribution in [0.2, 0.25) is 0 Å². The van der Waals surface area contributed by atoms with Gasteiger partial charge in [-0.3, -0.25) is 4.99 Å². The lowest BCUT2D eigenvalue weighted by atomic mass is 10.1. The van der Waals surface area contributed by atoms with Crippen LogP contribution in [0.3, 0.4) is 0 Å². The number of nitrogens with one attached hydrogen (secondary N) is 2. The summed E-state index contributed by atoms with van der Waals surface area (Å²) in [6, 6.07) is 2.14. The van der Waals surface area contributed by atoms with E-state index < -0.39 is 0 Å². The number of rotatable bonds is 4. The molecule has 0 aliphatic carbocycles. The number of hydrogen-bond donors (Lipinski definition) is 2. The van der Waals surface area contributed by atoms with Crippen LogP contribution in [0.5, 0.6) is 0 Å². The fourth-order valence-electron chi connectivity index (χ4n) is 2.05. The number of halogens is 1. The van der Waals surface area contributed by atoms with Crippen molar-refractivity contribution in [2.45, 2.75) is 31.1 Å². The van der Waals surface area contributed by atoms with Crippen molar-refractivity contribution in [2.24, 2.45) is 4.99 Å². The van der Waals surface area contributed by atoms with Crippen LogP contribution >= 0.6 is 47.1 Å². The summed E-state index contributed by atoms with van der Waals surface area (Å²) < 4.78 is 0.375. The molecular weight excluding hydrogens is 389 g/mol. The summed E-state index contributed by atoms with van der Waals surface area (Å²) in [4.78, 5) is 4.27. The molecule has 2 N–H and O–H groups in total. The molecule has 1 atom stereocenters. The van der Waals surface area contributed by atoms with Crippen molar-refractivity contribution < 1.29 is 0 Å². The zero-order chi connectivity index (χ0) is 12.8. The topological polar surface area (TPSA) is 36.4 Å². The highest BCUT2D eigenvalue weighted by Gasteiger charge is 2.29. The number of thiophene rings is 1. The summed E-state index contributed by atoms with van der Waals surface area (Å²) in [5.74, 6) is 2.19. The molecule has 1 aliphatic rings. The van der Waals surface area contributed by atoms with Gasteiger partial charge in [0, 0.05) is 24.9 Å². The van der Waals surface area contributed by atoms with Crippen molar-refractivity contribution >= 4 is 53.0 Å². The standard InChI is InChI=1S/C13H21N3S2.HI/c1-13(5-3-6-18-13)10-16-12(14-2)15-8-11-4-7-17-9-11;/h4,7,9H,3,5-6,8,10H2,1-2H3,(H2,14,15,16);1H. The van der Waals surface area contributed by atoms with Gasteiger partial charge in [-0.15, -0.1) is 24.0 Å². The highest BCUT2D eigenvalue weighted by atomic mass is 127. The first-order valence-corrected chi connectivity index (χ1v) is 8.24. The van der Waals surface area contributed by atoms with Gasteiger partial charge in [0.15, 0.2) is 5.96 Å². The van der Waals surface area contributed by atoms with Crippen molar-refractivity contribution in [3.8, 4) is 0 Å². The lowest BCUT2D eigenvalue weighted by molar-refractivity contribution is 0.584. The van der Waals surface area contributed by atoms with E-state index in [1.54, 1.807) is 11.3 Å². The molecule has 0 radical (unpaired) electrons. The molecule has 19 heavy (non-hydrogen) atoms. The average Bonchev–Trinajstić information content (AvgIpc) is 3.01. The molecule has 6 heteroatoms. The molecule has 0 bridgehead atoms. The van der Waals surface area contributed by atoms with Crippen molar-refractivity contribution in [1.29, 1.82) is 0 Å². The fourth-order valence-corrected chi connectivity index (χ4v) is 3.96. The number of thioether (sulfide) groups is 1. The van der Waals surface area contributed by atoms with Crippen LogP contribution < -0.4 is 10.6 Å². The molecule has 3 nitrogen and oxygen atoms in total. The minimum atomic E-state index is 0. The van der Waals surface area contributed by atoms with E-state index in [0.717, 1.165) is 19.0 Å². The van der Waals surface area contributed by atoms with Gasteiger partial charge in [-0.1, -0.05) is 0 Å². The van der Waals surface area contributed by atoms with Gasteiger partial charge in [-0.2, -0.15) is 23.1 Å². The van der Waals surface area contributed by atoms with E-state index in [9.17, 15) is 0 Å². The van der Waals surface area contributed by atoms with Crippen LogP contribution in [-0.4, -0.2) is 30.1 Å². The Hall–Kier alpha value is 0.0500. The molecule has 0 spiro atoms. The summed E-state index contributed by atoms with van der Waals surface area (Å²) in [6.45, 7) is 4.16. The Balaban J connectivity index is 0.00000180. The van der Waals surface area contributed by atoms with Gasteiger partial charge in [-0.25, -0.2) is 0 Å². The number of guanidine groups is 1. The maximum Gasteiger partial charge on any atom is 0.191 e. The van der Waals surface area contributed by atoms with E-state index in [1.165, 1.54) is 24.2 Å². The van der Waals surface area contributed by atoms with Gasteiger partial charge in [0.2, 0.25) is 0 Å². The lowest BCUT2D eigenvalue weighted by Gasteiger charge is -2.24. The molecule has 108 valence electrons. The molecule has 1 fully saturated rings. The monoisotopic (exact) mass is 411 g/mol. The summed E-state index contributed by atoms with van der Waals surface area (Å²) in [5, 5.41) is 11.0. The Kier molecular flexibility index (Phi) is 7.53. The molecule has 1 saturated heterocycles. The van der Waals surface area contributed by atoms with Crippen LogP contribution in [0.4, 0.5) is 0 Å². The minimum Gasteiger partial charge on any atom is -0.355 e. The van der Waals surface area contributed by atoms with Crippen LogP contribution in [0, 0.1) is 0 Å². The minimum absolute atomic E-state index is 0. The first-order valence-electron chi connectivity index (χ1n) is 6.31. The SMILES string of the molecule is CN=C(NCc1ccsc1)NCC1(C)CCCS1.I. The van der Waals surface area contributed by atoms with Crippen molar-refractivity contribution in [2.75, 3.05) is 19.3 Å². The number of nitrogens with zero attached hydrogens (tertiary/aromatic N) is 1. The van der Waals surface area contributed by atoms with Gasteiger partial charge in [0.05, 0.1) is 0 Å². The Morgan fingerprint density at radius 3 is 2.89 bits per heavy atom. The van der Waals surface area contributed by atoms with Gasteiger partial charge < -0.3 is 10.6 Å². The molecule has 0 amide bonds. The average molecular weight is 411 g/mol. The molecule has 1 aromatic heterocycles. The van der Waals surface area contributed by atoms with Gasteiger partial charge >= 0.3 is 0 Å². The summed E-state index contributed by atoms with van der Waals surface area (Å²) in [5.41, 5.74) is 1.31. The predicted molar refractivity (Wildman–Crippen MR) is 98.0 cm³/mol. The smallest absolute Gasteiger partial charge is 0.191 e. The molecule has 2 rings (SSSR count). The first-order chi connectivity index (χ1) is 8.72.